The number of allylic oxidation sites excluding steroid dienone is 1. The SMILES string of the molecule is CCCCCCCCCCCCC/C=C/C(O)C(COP(=O)(O)O)NC(=O)CCCCC1SCC2NC(=O)NC21. The number of hydrogen-bond acceptors (Lipinski definition) is 6. The number of unbranched alkanes of at least 4 members (excludes halogenated alkanes) is 12. The van der Waals surface area contributed by atoms with Crippen LogP contribution in [0.3, 0.4) is 0 Å². The van der Waals surface area contributed by atoms with E-state index in [0.29, 0.717) is 11.7 Å². The zero-order valence-electron chi connectivity index (χ0n) is 24.1. The normalized spacial score (nSPS) is 22.2. The first-order chi connectivity index (χ1) is 19.2. The van der Waals surface area contributed by atoms with Gasteiger partial charge in [-0.15, -0.1) is 0 Å². The molecule has 0 radical (unpaired) electrons. The number of fused-ring (bicyclic) bond motifs is 1. The van der Waals surface area contributed by atoms with E-state index in [0.717, 1.165) is 37.9 Å². The highest BCUT2D eigenvalue weighted by Gasteiger charge is 2.42. The first-order valence-corrected chi connectivity index (χ1v) is 17.8. The molecule has 40 heavy (non-hydrogen) atoms. The van der Waals surface area contributed by atoms with Crippen molar-refractivity contribution >= 4 is 31.5 Å². The van der Waals surface area contributed by atoms with Gasteiger partial charge in [0.25, 0.3) is 0 Å². The van der Waals surface area contributed by atoms with Crippen LogP contribution in [0.4, 0.5) is 4.79 Å². The minimum absolute atomic E-state index is 0.116. The minimum atomic E-state index is -4.74. The number of aliphatic hydroxyl groups is 1. The fraction of sp³-hybridized carbons (Fsp3) is 0.857. The molecule has 6 N–H and O–H groups in total. The van der Waals surface area contributed by atoms with Gasteiger partial charge in [0.2, 0.25) is 5.91 Å². The number of nitrogens with one attached hydrogen (secondary N) is 3. The number of amides is 3. The monoisotopic (exact) mass is 605 g/mol. The molecule has 0 aromatic carbocycles. The molecule has 5 unspecified atom stereocenters. The summed E-state index contributed by atoms with van der Waals surface area (Å²) in [4.78, 5) is 42.2. The number of carbonyl (C=O) groups is 2. The molecule has 0 saturated carbocycles. The summed E-state index contributed by atoms with van der Waals surface area (Å²) >= 11 is 1.83. The molecule has 2 aliphatic rings. The molecule has 232 valence electrons. The predicted molar refractivity (Wildman–Crippen MR) is 160 cm³/mol. The number of phosphoric ester groups is 1. The van der Waals surface area contributed by atoms with Crippen molar-refractivity contribution < 1.29 is 33.6 Å². The van der Waals surface area contributed by atoms with E-state index in [1.807, 2.05) is 17.8 Å². The first kappa shape index (κ1) is 35.1. The molecule has 0 aromatic rings. The van der Waals surface area contributed by atoms with E-state index in [9.17, 15) is 19.3 Å². The number of aliphatic hydroxyl groups excluding tert-OH is 1. The average molecular weight is 606 g/mol. The quantitative estimate of drug-likeness (QED) is 0.0415. The number of phosphoric acid groups is 1. The van der Waals surface area contributed by atoms with Gasteiger partial charge in [-0.25, -0.2) is 9.36 Å². The molecule has 3 amide bonds. The lowest BCUT2D eigenvalue weighted by molar-refractivity contribution is -0.123. The number of hydrogen-bond donors (Lipinski definition) is 6. The van der Waals surface area contributed by atoms with E-state index in [4.69, 9.17) is 9.79 Å². The zero-order chi connectivity index (χ0) is 29.2. The van der Waals surface area contributed by atoms with Crippen LogP contribution >= 0.6 is 19.6 Å². The van der Waals surface area contributed by atoms with Crippen LogP contribution in [0.1, 0.15) is 110 Å². The number of urea groups is 1. The number of rotatable bonds is 23. The maximum absolute atomic E-state index is 12.5. The van der Waals surface area contributed by atoms with Gasteiger partial charge in [0, 0.05) is 17.4 Å². The fourth-order valence-electron chi connectivity index (χ4n) is 5.25. The molecule has 0 aliphatic carbocycles. The lowest BCUT2D eigenvalue weighted by Crippen LogP contribution is -2.45. The zero-order valence-corrected chi connectivity index (χ0v) is 25.8. The Kier molecular flexibility index (Phi) is 17.5. The Balaban J connectivity index is 1.61. The van der Waals surface area contributed by atoms with Crippen LogP contribution in [0, 0.1) is 0 Å². The third kappa shape index (κ3) is 15.2. The Morgan fingerprint density at radius 2 is 1.70 bits per heavy atom. The maximum atomic E-state index is 12.5. The van der Waals surface area contributed by atoms with Crippen molar-refractivity contribution in [2.45, 2.75) is 139 Å². The van der Waals surface area contributed by atoms with Gasteiger partial charge < -0.3 is 30.8 Å². The van der Waals surface area contributed by atoms with Crippen LogP contribution in [0.15, 0.2) is 12.2 Å². The van der Waals surface area contributed by atoms with E-state index in [-0.39, 0.29) is 30.4 Å². The van der Waals surface area contributed by atoms with Gasteiger partial charge in [-0.3, -0.25) is 9.32 Å². The van der Waals surface area contributed by atoms with Gasteiger partial charge in [0.05, 0.1) is 30.8 Å². The van der Waals surface area contributed by atoms with E-state index in [2.05, 4.69) is 27.4 Å². The predicted octanol–water partition coefficient (Wildman–Crippen LogP) is 4.92. The molecule has 10 nitrogen and oxygen atoms in total. The van der Waals surface area contributed by atoms with Gasteiger partial charge in [0.1, 0.15) is 0 Å². The Morgan fingerprint density at radius 1 is 1.05 bits per heavy atom. The van der Waals surface area contributed by atoms with Crippen LogP contribution in [0.5, 0.6) is 0 Å². The van der Waals surface area contributed by atoms with Gasteiger partial charge >= 0.3 is 13.9 Å². The van der Waals surface area contributed by atoms with Crippen LogP contribution in [0.2, 0.25) is 0 Å². The van der Waals surface area contributed by atoms with Gasteiger partial charge in [-0.2, -0.15) is 11.8 Å². The largest absolute Gasteiger partial charge is 0.469 e. The molecule has 2 fully saturated rings. The second-order valence-corrected chi connectivity index (χ2v) is 13.6. The van der Waals surface area contributed by atoms with Gasteiger partial charge in [-0.1, -0.05) is 89.7 Å². The van der Waals surface area contributed by atoms with Crippen LogP contribution < -0.4 is 16.0 Å². The van der Waals surface area contributed by atoms with Crippen molar-refractivity contribution in [3.05, 3.63) is 12.2 Å². The van der Waals surface area contributed by atoms with Crippen molar-refractivity contribution in [2.24, 2.45) is 0 Å². The molecule has 2 heterocycles. The summed E-state index contributed by atoms with van der Waals surface area (Å²) in [7, 11) is -4.74. The van der Waals surface area contributed by atoms with Crippen LogP contribution in [-0.4, -0.2) is 68.7 Å². The molecule has 0 spiro atoms. The lowest BCUT2D eigenvalue weighted by Gasteiger charge is -2.22. The Labute approximate surface area is 244 Å². The number of thioether (sulfide) groups is 1. The van der Waals surface area contributed by atoms with Crippen LogP contribution in [0.25, 0.3) is 0 Å². The Bertz CT molecular complexity index is 813. The highest BCUT2D eigenvalue weighted by molar-refractivity contribution is 8.00. The first-order valence-electron chi connectivity index (χ1n) is 15.2. The smallest absolute Gasteiger partial charge is 0.387 e. The Hall–Kier alpha value is -1.10. The van der Waals surface area contributed by atoms with Gasteiger partial charge in [-0.05, 0) is 25.7 Å². The van der Waals surface area contributed by atoms with E-state index >= 15 is 0 Å². The van der Waals surface area contributed by atoms with Crippen LogP contribution in [-0.2, 0) is 13.9 Å². The molecule has 12 heteroatoms. The Morgan fingerprint density at radius 3 is 2.35 bits per heavy atom. The van der Waals surface area contributed by atoms with E-state index in [1.165, 1.54) is 57.8 Å². The molecule has 2 saturated heterocycles. The topological polar surface area (TPSA) is 157 Å². The lowest BCUT2D eigenvalue weighted by atomic mass is 10.0. The van der Waals surface area contributed by atoms with Crippen molar-refractivity contribution in [3.63, 3.8) is 0 Å². The third-order valence-electron chi connectivity index (χ3n) is 7.57. The van der Waals surface area contributed by atoms with E-state index in [1.54, 1.807) is 6.08 Å². The standard InChI is InChI=1S/C28H52N3O7PS/c1-2-3-4-5-6-7-8-9-10-11-12-13-14-17-24(32)22(20-38-39(35,36)37)29-26(33)19-16-15-18-25-27-23(21-40-25)30-28(34)31-27/h14,17,22-25,27,32H,2-13,15-16,18-21H2,1H3,(H,29,33)(H2,30,31,34)(H2,35,36,37)/b17-14+. The summed E-state index contributed by atoms with van der Waals surface area (Å²) in [6.07, 6.45) is 19.5. The van der Waals surface area contributed by atoms with Crippen molar-refractivity contribution in [3.8, 4) is 0 Å². The van der Waals surface area contributed by atoms with E-state index < -0.39 is 26.6 Å². The molecular formula is C28H52N3O7PS. The van der Waals surface area contributed by atoms with Crippen molar-refractivity contribution in [2.75, 3.05) is 12.4 Å². The summed E-state index contributed by atoms with van der Waals surface area (Å²) in [5, 5.41) is 19.5. The van der Waals surface area contributed by atoms with Crippen molar-refractivity contribution in [1.82, 2.24) is 16.0 Å². The fourth-order valence-corrected chi connectivity index (χ4v) is 7.15. The average Bonchev–Trinajstić information content (AvgIpc) is 3.45. The molecule has 0 aromatic heterocycles. The molecule has 0 bridgehead atoms. The summed E-state index contributed by atoms with van der Waals surface area (Å²) in [5.41, 5.74) is 0. The molecule has 2 rings (SSSR count). The summed E-state index contributed by atoms with van der Waals surface area (Å²) in [5.74, 6) is 0.588. The summed E-state index contributed by atoms with van der Waals surface area (Å²) < 4.78 is 15.8. The van der Waals surface area contributed by atoms with Crippen molar-refractivity contribution in [1.29, 1.82) is 0 Å². The second-order valence-electron chi connectivity index (χ2n) is 11.1. The molecule has 2 aliphatic heterocycles. The molecular weight excluding hydrogens is 553 g/mol. The second kappa shape index (κ2) is 19.9. The maximum Gasteiger partial charge on any atom is 0.469 e. The minimum Gasteiger partial charge on any atom is -0.387 e. The number of carbonyl (C=O) groups excluding carboxylic acids is 2. The highest BCUT2D eigenvalue weighted by Crippen LogP contribution is 2.36. The third-order valence-corrected chi connectivity index (χ3v) is 9.56. The van der Waals surface area contributed by atoms with Gasteiger partial charge in [0.15, 0.2) is 0 Å². The molecule has 5 atom stereocenters. The summed E-state index contributed by atoms with van der Waals surface area (Å²) in [6.45, 7) is 1.74. The summed E-state index contributed by atoms with van der Waals surface area (Å²) in [6, 6.07) is -0.771. The highest BCUT2D eigenvalue weighted by atomic mass is 32.2.